The second-order valence-corrected chi connectivity index (χ2v) is 7.03. The van der Waals surface area contributed by atoms with Gasteiger partial charge in [0.1, 0.15) is 5.60 Å². The van der Waals surface area contributed by atoms with Crippen molar-refractivity contribution >= 4 is 6.09 Å². The van der Waals surface area contributed by atoms with Crippen LogP contribution in [0.3, 0.4) is 0 Å². The van der Waals surface area contributed by atoms with E-state index in [1.165, 1.54) is 0 Å². The van der Waals surface area contributed by atoms with Crippen molar-refractivity contribution < 1.29 is 14.3 Å². The monoisotopic (exact) mass is 284 g/mol. The Balaban J connectivity index is 1.83. The van der Waals surface area contributed by atoms with Crippen molar-refractivity contribution in [3.8, 4) is 0 Å². The minimum Gasteiger partial charge on any atom is -0.444 e. The molecule has 3 atom stereocenters. The molecule has 2 saturated heterocycles. The predicted molar refractivity (Wildman–Crippen MR) is 77.4 cm³/mol. The van der Waals surface area contributed by atoms with Crippen molar-refractivity contribution in [2.75, 3.05) is 26.3 Å². The zero-order valence-electron chi connectivity index (χ0n) is 12.9. The van der Waals surface area contributed by atoms with Crippen LogP contribution in [0, 0.1) is 11.8 Å². The molecule has 0 aromatic heterocycles. The van der Waals surface area contributed by atoms with Gasteiger partial charge in [0, 0.05) is 25.7 Å². The molecule has 0 radical (unpaired) electrons. The van der Waals surface area contributed by atoms with Gasteiger partial charge in [0.15, 0.2) is 0 Å². The van der Waals surface area contributed by atoms with Crippen LogP contribution in [0.5, 0.6) is 0 Å². The van der Waals surface area contributed by atoms with Gasteiger partial charge < -0.3 is 20.1 Å². The molecule has 2 heterocycles. The normalized spacial score (nSPS) is 29.3. The first-order valence-corrected chi connectivity index (χ1v) is 7.68. The summed E-state index contributed by atoms with van der Waals surface area (Å²) in [7, 11) is 0. The number of rotatable bonds is 2. The molecule has 1 amide bonds. The summed E-state index contributed by atoms with van der Waals surface area (Å²) in [5.74, 6) is 0.807. The third-order valence-corrected chi connectivity index (χ3v) is 4.16. The zero-order chi connectivity index (χ0) is 14.8. The highest BCUT2D eigenvalue weighted by Gasteiger charge is 2.36. The lowest BCUT2D eigenvalue weighted by atomic mass is 9.85. The molecule has 116 valence electrons. The molecule has 2 rings (SSSR count). The van der Waals surface area contributed by atoms with Crippen LogP contribution >= 0.6 is 0 Å². The van der Waals surface area contributed by atoms with E-state index >= 15 is 0 Å². The Morgan fingerprint density at radius 1 is 1.35 bits per heavy atom. The van der Waals surface area contributed by atoms with Gasteiger partial charge in [-0.25, -0.2) is 4.79 Å². The maximum absolute atomic E-state index is 12.0. The molecule has 0 aromatic rings. The Kier molecular flexibility index (Phi) is 4.91. The lowest BCUT2D eigenvalue weighted by Crippen LogP contribution is -2.43. The number of hydrogen-bond acceptors (Lipinski definition) is 4. The number of carbonyl (C=O) groups excluding carboxylic acids is 1. The molecule has 20 heavy (non-hydrogen) atoms. The van der Waals surface area contributed by atoms with Crippen molar-refractivity contribution in [2.24, 2.45) is 17.6 Å². The Morgan fingerprint density at radius 3 is 2.70 bits per heavy atom. The van der Waals surface area contributed by atoms with Crippen LogP contribution in [0.1, 0.15) is 40.0 Å². The fourth-order valence-electron chi connectivity index (χ4n) is 3.05. The molecular formula is C15H28N2O3. The highest BCUT2D eigenvalue weighted by molar-refractivity contribution is 5.68. The minimum atomic E-state index is -0.436. The van der Waals surface area contributed by atoms with Crippen molar-refractivity contribution in [3.05, 3.63) is 0 Å². The highest BCUT2D eigenvalue weighted by Crippen LogP contribution is 2.28. The summed E-state index contributed by atoms with van der Waals surface area (Å²) < 4.78 is 10.9. The summed E-state index contributed by atoms with van der Waals surface area (Å²) in [6, 6.07) is 0.128. The topological polar surface area (TPSA) is 64.8 Å². The van der Waals surface area contributed by atoms with Gasteiger partial charge in [0.25, 0.3) is 0 Å². The summed E-state index contributed by atoms with van der Waals surface area (Å²) in [5.41, 5.74) is 5.95. The standard InChI is InChI=1S/C15H28N2O3/c1-15(2,3)20-14(18)17-7-6-11(9-17)13(16)12-5-4-8-19-10-12/h11-13H,4-10,16H2,1-3H3. The molecule has 2 aliphatic rings. The molecule has 2 aliphatic heterocycles. The lowest BCUT2D eigenvalue weighted by Gasteiger charge is -2.31. The Morgan fingerprint density at radius 2 is 2.10 bits per heavy atom. The summed E-state index contributed by atoms with van der Waals surface area (Å²) in [6.45, 7) is 8.77. The Labute approximate surface area is 121 Å². The number of amides is 1. The highest BCUT2D eigenvalue weighted by atomic mass is 16.6. The van der Waals surface area contributed by atoms with Gasteiger partial charge in [-0.2, -0.15) is 0 Å². The Bertz CT molecular complexity index is 335. The third kappa shape index (κ3) is 4.09. The molecule has 0 spiro atoms. The van der Waals surface area contributed by atoms with Gasteiger partial charge >= 0.3 is 6.09 Å². The molecule has 2 fully saturated rings. The first-order chi connectivity index (χ1) is 9.37. The second-order valence-electron chi connectivity index (χ2n) is 7.03. The van der Waals surface area contributed by atoms with Crippen LogP contribution in [0.25, 0.3) is 0 Å². The maximum atomic E-state index is 12.0. The molecular weight excluding hydrogens is 256 g/mol. The molecule has 5 nitrogen and oxygen atoms in total. The fourth-order valence-corrected chi connectivity index (χ4v) is 3.05. The molecule has 3 unspecified atom stereocenters. The molecule has 0 aromatic carbocycles. The first kappa shape index (κ1) is 15.6. The molecule has 2 N–H and O–H groups in total. The number of nitrogens with two attached hydrogens (primary N) is 1. The number of nitrogens with zero attached hydrogens (tertiary/aromatic N) is 1. The van der Waals surface area contributed by atoms with E-state index in [1.807, 2.05) is 20.8 Å². The smallest absolute Gasteiger partial charge is 0.410 e. The van der Waals surface area contributed by atoms with Gasteiger partial charge in [-0.15, -0.1) is 0 Å². The van der Waals surface area contributed by atoms with Crippen LogP contribution < -0.4 is 5.73 Å². The van der Waals surface area contributed by atoms with Crippen LogP contribution in [0.15, 0.2) is 0 Å². The molecule has 0 saturated carbocycles. The maximum Gasteiger partial charge on any atom is 0.410 e. The quantitative estimate of drug-likeness (QED) is 0.842. The van der Waals surface area contributed by atoms with Gasteiger partial charge in [-0.05, 0) is 51.9 Å². The fraction of sp³-hybridized carbons (Fsp3) is 0.933. The van der Waals surface area contributed by atoms with Gasteiger partial charge in [0.05, 0.1) is 6.61 Å². The predicted octanol–water partition coefficient (Wildman–Crippen LogP) is 2.00. The number of ether oxygens (including phenoxy) is 2. The SMILES string of the molecule is CC(C)(C)OC(=O)N1CCC(C(N)C2CCCOC2)C1. The van der Waals surface area contributed by atoms with E-state index in [-0.39, 0.29) is 12.1 Å². The van der Waals surface area contributed by atoms with Gasteiger partial charge in [-0.1, -0.05) is 0 Å². The van der Waals surface area contributed by atoms with Crippen LogP contribution in [-0.4, -0.2) is 48.9 Å². The first-order valence-electron chi connectivity index (χ1n) is 7.68. The van der Waals surface area contributed by atoms with Crippen molar-refractivity contribution in [3.63, 3.8) is 0 Å². The average Bonchev–Trinajstić information content (AvgIpc) is 2.86. The third-order valence-electron chi connectivity index (χ3n) is 4.16. The summed E-state index contributed by atoms with van der Waals surface area (Å²) in [6.07, 6.45) is 2.99. The van der Waals surface area contributed by atoms with E-state index in [2.05, 4.69) is 0 Å². The average molecular weight is 284 g/mol. The molecule has 0 bridgehead atoms. The van der Waals surface area contributed by atoms with Crippen LogP contribution in [0.2, 0.25) is 0 Å². The summed E-state index contributed by atoms with van der Waals surface area (Å²) in [5, 5.41) is 0. The van der Waals surface area contributed by atoms with Crippen LogP contribution in [-0.2, 0) is 9.47 Å². The van der Waals surface area contributed by atoms with E-state index < -0.39 is 5.60 Å². The van der Waals surface area contributed by atoms with Gasteiger partial charge in [-0.3, -0.25) is 0 Å². The van der Waals surface area contributed by atoms with E-state index in [4.69, 9.17) is 15.2 Å². The van der Waals surface area contributed by atoms with Crippen molar-refractivity contribution in [1.29, 1.82) is 0 Å². The summed E-state index contributed by atoms with van der Waals surface area (Å²) >= 11 is 0. The minimum absolute atomic E-state index is 0.128. The van der Waals surface area contributed by atoms with Gasteiger partial charge in [0.2, 0.25) is 0 Å². The zero-order valence-corrected chi connectivity index (χ0v) is 12.9. The largest absolute Gasteiger partial charge is 0.444 e. The van der Waals surface area contributed by atoms with E-state index in [9.17, 15) is 4.79 Å². The van der Waals surface area contributed by atoms with E-state index in [1.54, 1.807) is 4.90 Å². The number of likely N-dealkylation sites (tertiary alicyclic amines) is 1. The van der Waals surface area contributed by atoms with E-state index in [0.29, 0.717) is 18.4 Å². The molecule has 5 heteroatoms. The summed E-state index contributed by atoms with van der Waals surface area (Å²) in [4.78, 5) is 13.8. The van der Waals surface area contributed by atoms with Crippen molar-refractivity contribution in [1.82, 2.24) is 4.90 Å². The van der Waals surface area contributed by atoms with Crippen LogP contribution in [0.4, 0.5) is 4.79 Å². The second kappa shape index (κ2) is 6.31. The molecule has 0 aliphatic carbocycles. The number of hydrogen-bond donors (Lipinski definition) is 1. The number of carbonyl (C=O) groups is 1. The Hall–Kier alpha value is -0.810. The lowest BCUT2D eigenvalue weighted by molar-refractivity contribution is 0.0255. The van der Waals surface area contributed by atoms with Crippen molar-refractivity contribution in [2.45, 2.75) is 51.7 Å². The van der Waals surface area contributed by atoms with E-state index in [0.717, 1.165) is 39.0 Å².